The number of carbonyl (C=O) groups excluding carboxylic acids is 1. The molecule has 0 aliphatic heterocycles. The molecule has 160 valence electrons. The molecule has 0 aliphatic rings. The summed E-state index contributed by atoms with van der Waals surface area (Å²) in [6.07, 6.45) is 5.38. The molecule has 0 saturated carbocycles. The molecule has 0 fully saturated rings. The molecule has 5 nitrogen and oxygen atoms in total. The number of aromatic amines is 1. The molecule has 3 aromatic rings. The minimum atomic E-state index is -0.131. The number of unbranched alkanes of at least 4 members (excludes halogenated alkanes) is 1. The van der Waals surface area contributed by atoms with Crippen molar-refractivity contribution in [2.24, 2.45) is 0 Å². The van der Waals surface area contributed by atoms with E-state index in [4.69, 9.17) is 9.47 Å². The van der Waals surface area contributed by atoms with Crippen LogP contribution in [-0.2, 0) is 11.2 Å². The lowest BCUT2D eigenvalue weighted by Crippen LogP contribution is -2.26. The Morgan fingerprint density at radius 3 is 2.63 bits per heavy atom. The molecule has 1 aromatic heterocycles. The van der Waals surface area contributed by atoms with Gasteiger partial charge in [-0.1, -0.05) is 44.5 Å². The molecule has 30 heavy (non-hydrogen) atoms. The Morgan fingerprint density at radius 2 is 1.93 bits per heavy atom. The smallest absolute Gasteiger partial charge is 0.220 e. The first kappa shape index (κ1) is 21.8. The largest absolute Gasteiger partial charge is 0.497 e. The molecule has 0 saturated heterocycles. The van der Waals surface area contributed by atoms with Crippen LogP contribution in [0.1, 0.15) is 55.7 Å². The van der Waals surface area contributed by atoms with E-state index in [-0.39, 0.29) is 11.8 Å². The average molecular weight is 409 g/mol. The Hall–Kier alpha value is -2.95. The molecule has 1 atom stereocenters. The summed E-state index contributed by atoms with van der Waals surface area (Å²) < 4.78 is 11.0. The van der Waals surface area contributed by atoms with Crippen LogP contribution in [0.5, 0.6) is 11.5 Å². The number of H-pyrrole nitrogens is 1. The highest BCUT2D eigenvalue weighted by Gasteiger charge is 2.25. The van der Waals surface area contributed by atoms with Gasteiger partial charge >= 0.3 is 0 Å². The Kier molecular flexibility index (Phi) is 7.39. The third-order valence-electron chi connectivity index (χ3n) is 5.65. The highest BCUT2D eigenvalue weighted by molar-refractivity contribution is 5.88. The molecule has 2 N–H and O–H groups in total. The quantitative estimate of drug-likeness (QED) is 0.454. The van der Waals surface area contributed by atoms with Gasteiger partial charge in [0.15, 0.2) is 0 Å². The fourth-order valence-electron chi connectivity index (χ4n) is 3.98. The molecular formula is C25H32N2O3. The summed E-state index contributed by atoms with van der Waals surface area (Å²) in [6, 6.07) is 12.2. The summed E-state index contributed by atoms with van der Waals surface area (Å²) in [5.74, 6) is 1.37. The molecule has 5 heteroatoms. The van der Waals surface area contributed by atoms with Gasteiger partial charge in [0.1, 0.15) is 11.5 Å². The molecule has 2 aromatic carbocycles. The highest BCUT2D eigenvalue weighted by Crippen LogP contribution is 2.39. The highest BCUT2D eigenvalue weighted by atomic mass is 16.5. The number of hydrogen-bond acceptors (Lipinski definition) is 3. The van der Waals surface area contributed by atoms with Crippen LogP contribution in [0.4, 0.5) is 0 Å². The second kappa shape index (κ2) is 10.2. The molecule has 1 amide bonds. The van der Waals surface area contributed by atoms with Crippen molar-refractivity contribution < 1.29 is 14.3 Å². The van der Waals surface area contributed by atoms with Crippen LogP contribution in [0.2, 0.25) is 0 Å². The average Bonchev–Trinajstić information content (AvgIpc) is 3.21. The van der Waals surface area contributed by atoms with Gasteiger partial charge in [-0.25, -0.2) is 0 Å². The fraction of sp³-hybridized carbons (Fsp3) is 0.400. The molecule has 1 heterocycles. The van der Waals surface area contributed by atoms with E-state index in [1.807, 2.05) is 24.4 Å². The number of fused-ring (bicyclic) bond motifs is 1. The van der Waals surface area contributed by atoms with Gasteiger partial charge in [0.2, 0.25) is 5.91 Å². The molecule has 0 radical (unpaired) electrons. The standard InChI is InChI=1S/C25H32N2O3/c1-5-7-13-26-24(28)15-21(19-12-11-18(29-3)14-23(19)30-4)22-16-27-25-17(6-2)9-8-10-20(22)25/h8-12,14,16,21,27H,5-7,13,15H2,1-4H3,(H,26,28)/t21-/m1/s1. The summed E-state index contributed by atoms with van der Waals surface area (Å²) >= 11 is 0. The first-order valence-electron chi connectivity index (χ1n) is 10.7. The zero-order valence-corrected chi connectivity index (χ0v) is 18.4. The molecule has 0 spiro atoms. The SMILES string of the molecule is CCCCNC(=O)C[C@H](c1ccc(OC)cc1OC)c1c[nH]c2c(CC)cccc12. The fourth-order valence-corrected chi connectivity index (χ4v) is 3.98. The lowest BCUT2D eigenvalue weighted by molar-refractivity contribution is -0.121. The molecule has 0 bridgehead atoms. The minimum Gasteiger partial charge on any atom is -0.497 e. The van der Waals surface area contributed by atoms with Gasteiger partial charge in [0.05, 0.1) is 14.2 Å². The predicted octanol–water partition coefficient (Wildman–Crippen LogP) is 5.19. The number of para-hydroxylation sites is 1. The maximum absolute atomic E-state index is 12.8. The summed E-state index contributed by atoms with van der Waals surface area (Å²) in [7, 11) is 3.29. The summed E-state index contributed by atoms with van der Waals surface area (Å²) in [5, 5.41) is 4.21. The maximum atomic E-state index is 12.8. The van der Waals surface area contributed by atoms with Crippen LogP contribution >= 0.6 is 0 Å². The molecule has 0 aliphatic carbocycles. The van der Waals surface area contributed by atoms with E-state index in [1.165, 1.54) is 5.56 Å². The number of hydrogen-bond donors (Lipinski definition) is 2. The number of amides is 1. The van der Waals surface area contributed by atoms with Gasteiger partial charge in [-0.15, -0.1) is 0 Å². The van der Waals surface area contributed by atoms with Gasteiger partial charge in [0, 0.05) is 47.6 Å². The van der Waals surface area contributed by atoms with Gasteiger partial charge in [-0.2, -0.15) is 0 Å². The Balaban J connectivity index is 2.06. The normalized spacial score (nSPS) is 12.0. The van der Waals surface area contributed by atoms with Crippen molar-refractivity contribution >= 4 is 16.8 Å². The van der Waals surface area contributed by atoms with Crippen molar-refractivity contribution in [1.82, 2.24) is 10.3 Å². The van der Waals surface area contributed by atoms with Crippen LogP contribution in [0.15, 0.2) is 42.6 Å². The number of carbonyl (C=O) groups is 1. The van der Waals surface area contributed by atoms with Crippen LogP contribution in [-0.4, -0.2) is 31.7 Å². The molecule has 0 unspecified atom stereocenters. The van der Waals surface area contributed by atoms with E-state index in [1.54, 1.807) is 14.2 Å². The number of methoxy groups -OCH3 is 2. The second-order valence-electron chi connectivity index (χ2n) is 7.51. The second-order valence-corrected chi connectivity index (χ2v) is 7.51. The number of ether oxygens (including phenoxy) is 2. The topological polar surface area (TPSA) is 63.4 Å². The van der Waals surface area contributed by atoms with Crippen molar-refractivity contribution in [3.63, 3.8) is 0 Å². The summed E-state index contributed by atoms with van der Waals surface area (Å²) in [4.78, 5) is 16.2. The van der Waals surface area contributed by atoms with Gasteiger partial charge < -0.3 is 19.8 Å². The third-order valence-corrected chi connectivity index (χ3v) is 5.65. The van der Waals surface area contributed by atoms with E-state index in [9.17, 15) is 4.79 Å². The molecule has 3 rings (SSSR count). The third kappa shape index (κ3) is 4.61. The van der Waals surface area contributed by atoms with E-state index in [0.717, 1.165) is 52.8 Å². The molecular weight excluding hydrogens is 376 g/mol. The monoisotopic (exact) mass is 408 g/mol. The Morgan fingerprint density at radius 1 is 1.10 bits per heavy atom. The zero-order valence-electron chi connectivity index (χ0n) is 18.4. The first-order valence-corrected chi connectivity index (χ1v) is 10.7. The number of rotatable bonds is 10. The minimum absolute atomic E-state index is 0.0484. The number of aryl methyl sites for hydroxylation is 1. The van der Waals surface area contributed by atoms with Crippen LogP contribution in [0.25, 0.3) is 10.9 Å². The Bertz CT molecular complexity index is 993. The number of benzene rings is 2. The first-order chi connectivity index (χ1) is 14.6. The van der Waals surface area contributed by atoms with Gasteiger partial charge in [-0.05, 0) is 30.0 Å². The van der Waals surface area contributed by atoms with Crippen molar-refractivity contribution in [3.8, 4) is 11.5 Å². The van der Waals surface area contributed by atoms with Crippen molar-refractivity contribution in [1.29, 1.82) is 0 Å². The summed E-state index contributed by atoms with van der Waals surface area (Å²) in [6.45, 7) is 4.98. The van der Waals surface area contributed by atoms with E-state index < -0.39 is 0 Å². The lowest BCUT2D eigenvalue weighted by Gasteiger charge is -2.20. The van der Waals surface area contributed by atoms with E-state index in [0.29, 0.717) is 13.0 Å². The van der Waals surface area contributed by atoms with Crippen LogP contribution in [0, 0.1) is 0 Å². The lowest BCUT2D eigenvalue weighted by atomic mass is 9.87. The maximum Gasteiger partial charge on any atom is 0.220 e. The van der Waals surface area contributed by atoms with Crippen molar-refractivity contribution in [2.75, 3.05) is 20.8 Å². The zero-order chi connectivity index (χ0) is 21.5. The predicted molar refractivity (Wildman–Crippen MR) is 122 cm³/mol. The number of nitrogens with one attached hydrogen (secondary N) is 2. The Labute approximate surface area is 178 Å². The number of aromatic nitrogens is 1. The van der Waals surface area contributed by atoms with Gasteiger partial charge in [-0.3, -0.25) is 4.79 Å². The van der Waals surface area contributed by atoms with Gasteiger partial charge in [0.25, 0.3) is 0 Å². The van der Waals surface area contributed by atoms with Crippen LogP contribution < -0.4 is 14.8 Å². The summed E-state index contributed by atoms with van der Waals surface area (Å²) in [5.41, 5.74) is 4.49. The van der Waals surface area contributed by atoms with Crippen LogP contribution in [0.3, 0.4) is 0 Å². The van der Waals surface area contributed by atoms with E-state index in [2.05, 4.69) is 42.3 Å². The van der Waals surface area contributed by atoms with Crippen molar-refractivity contribution in [3.05, 3.63) is 59.3 Å². The van der Waals surface area contributed by atoms with Crippen molar-refractivity contribution in [2.45, 2.75) is 45.4 Å². The van der Waals surface area contributed by atoms with E-state index >= 15 is 0 Å².